The SMILES string of the molecule is COC(=O)C(O)c1cc(C)c(O)c(C)c1C. The van der Waals surface area contributed by atoms with E-state index < -0.39 is 12.1 Å². The molecule has 0 aliphatic rings. The Balaban J connectivity index is 3.30. The smallest absolute Gasteiger partial charge is 0.339 e. The normalized spacial score (nSPS) is 12.3. The van der Waals surface area contributed by atoms with Gasteiger partial charge in [0.05, 0.1) is 7.11 Å². The number of methoxy groups -OCH3 is 1. The number of aryl methyl sites for hydroxylation is 1. The molecule has 4 heteroatoms. The zero-order chi connectivity index (χ0) is 12.5. The molecule has 0 heterocycles. The molecule has 1 unspecified atom stereocenters. The zero-order valence-corrected chi connectivity index (χ0v) is 9.87. The number of phenolic OH excluding ortho intramolecular Hbond substituents is 1. The van der Waals surface area contributed by atoms with Gasteiger partial charge in [-0.3, -0.25) is 0 Å². The topological polar surface area (TPSA) is 66.8 Å². The van der Waals surface area contributed by atoms with E-state index in [4.69, 9.17) is 0 Å². The minimum Gasteiger partial charge on any atom is -0.507 e. The Morgan fingerprint density at radius 2 is 1.88 bits per heavy atom. The molecular formula is C12H16O4. The largest absolute Gasteiger partial charge is 0.507 e. The van der Waals surface area contributed by atoms with Crippen molar-refractivity contribution in [1.82, 2.24) is 0 Å². The third-order valence-corrected chi connectivity index (χ3v) is 2.82. The van der Waals surface area contributed by atoms with Crippen LogP contribution < -0.4 is 0 Å². The van der Waals surface area contributed by atoms with Gasteiger partial charge in [-0.15, -0.1) is 0 Å². The van der Waals surface area contributed by atoms with Crippen LogP contribution in [0.15, 0.2) is 6.07 Å². The van der Waals surface area contributed by atoms with Crippen LogP contribution in [-0.2, 0) is 9.53 Å². The van der Waals surface area contributed by atoms with Gasteiger partial charge in [0, 0.05) is 0 Å². The quantitative estimate of drug-likeness (QED) is 0.747. The molecule has 4 nitrogen and oxygen atoms in total. The number of benzene rings is 1. The summed E-state index contributed by atoms with van der Waals surface area (Å²) in [5, 5.41) is 19.4. The highest BCUT2D eigenvalue weighted by atomic mass is 16.5. The number of rotatable bonds is 2. The number of carbonyl (C=O) groups is 1. The molecule has 0 aliphatic heterocycles. The van der Waals surface area contributed by atoms with Crippen molar-refractivity contribution in [3.8, 4) is 5.75 Å². The molecule has 1 aromatic carbocycles. The molecule has 0 saturated carbocycles. The third kappa shape index (κ3) is 2.02. The number of aliphatic hydroxyl groups is 1. The van der Waals surface area contributed by atoms with Crippen molar-refractivity contribution in [2.75, 3.05) is 7.11 Å². The molecule has 0 saturated heterocycles. The lowest BCUT2D eigenvalue weighted by atomic mass is 9.95. The summed E-state index contributed by atoms with van der Waals surface area (Å²) in [4.78, 5) is 11.2. The van der Waals surface area contributed by atoms with Crippen LogP contribution in [-0.4, -0.2) is 23.3 Å². The van der Waals surface area contributed by atoms with Gasteiger partial charge in [-0.2, -0.15) is 0 Å². The second kappa shape index (κ2) is 4.53. The Morgan fingerprint density at radius 3 is 2.38 bits per heavy atom. The minimum atomic E-state index is -1.30. The summed E-state index contributed by atoms with van der Waals surface area (Å²) in [5.41, 5.74) is 2.46. The van der Waals surface area contributed by atoms with E-state index in [1.807, 2.05) is 0 Å². The first kappa shape index (κ1) is 12.5. The monoisotopic (exact) mass is 224 g/mol. The van der Waals surface area contributed by atoms with Crippen LogP contribution in [0.25, 0.3) is 0 Å². The standard InChI is InChI=1S/C12H16O4/c1-6-5-9(11(14)12(15)16-4)7(2)8(3)10(6)13/h5,11,13-14H,1-4H3. The highest BCUT2D eigenvalue weighted by molar-refractivity contribution is 5.77. The van der Waals surface area contributed by atoms with Crippen LogP contribution >= 0.6 is 0 Å². The summed E-state index contributed by atoms with van der Waals surface area (Å²) in [6.07, 6.45) is -1.30. The van der Waals surface area contributed by atoms with Gasteiger partial charge in [0.15, 0.2) is 6.10 Å². The van der Waals surface area contributed by atoms with Gasteiger partial charge in [-0.25, -0.2) is 4.79 Å². The Morgan fingerprint density at radius 1 is 1.31 bits per heavy atom. The van der Waals surface area contributed by atoms with Crippen LogP contribution in [0.1, 0.15) is 28.4 Å². The molecule has 2 N–H and O–H groups in total. The number of aliphatic hydroxyl groups excluding tert-OH is 1. The molecule has 0 amide bonds. The lowest BCUT2D eigenvalue weighted by Crippen LogP contribution is -2.15. The first-order valence-corrected chi connectivity index (χ1v) is 4.95. The van der Waals surface area contributed by atoms with Gasteiger partial charge in [0.1, 0.15) is 5.75 Å². The van der Waals surface area contributed by atoms with Gasteiger partial charge >= 0.3 is 5.97 Å². The number of hydrogen-bond acceptors (Lipinski definition) is 4. The maximum absolute atomic E-state index is 11.2. The van der Waals surface area contributed by atoms with E-state index in [9.17, 15) is 15.0 Å². The number of ether oxygens (including phenoxy) is 1. The van der Waals surface area contributed by atoms with Gasteiger partial charge < -0.3 is 14.9 Å². The van der Waals surface area contributed by atoms with Crippen molar-refractivity contribution >= 4 is 5.97 Å². The van der Waals surface area contributed by atoms with Crippen LogP contribution in [0.5, 0.6) is 5.75 Å². The molecule has 88 valence electrons. The maximum Gasteiger partial charge on any atom is 0.339 e. The first-order chi connectivity index (χ1) is 7.40. The summed E-state index contributed by atoms with van der Waals surface area (Å²) < 4.78 is 4.48. The molecule has 16 heavy (non-hydrogen) atoms. The summed E-state index contributed by atoms with van der Waals surface area (Å²) >= 11 is 0. The molecule has 0 bridgehead atoms. The van der Waals surface area contributed by atoms with Crippen molar-refractivity contribution < 1.29 is 19.7 Å². The third-order valence-electron chi connectivity index (χ3n) is 2.82. The highest BCUT2D eigenvalue weighted by Crippen LogP contribution is 2.30. The molecule has 0 spiro atoms. The Hall–Kier alpha value is -1.55. The van der Waals surface area contributed by atoms with Crippen molar-refractivity contribution in [2.45, 2.75) is 26.9 Å². The van der Waals surface area contributed by atoms with E-state index >= 15 is 0 Å². The van der Waals surface area contributed by atoms with Crippen LogP contribution in [0.4, 0.5) is 0 Å². The first-order valence-electron chi connectivity index (χ1n) is 4.95. The molecule has 0 radical (unpaired) electrons. The summed E-state index contributed by atoms with van der Waals surface area (Å²) in [6.45, 7) is 5.20. The van der Waals surface area contributed by atoms with Crippen molar-refractivity contribution in [2.24, 2.45) is 0 Å². The van der Waals surface area contributed by atoms with Crippen LogP contribution in [0.3, 0.4) is 0 Å². The number of phenols is 1. The van der Waals surface area contributed by atoms with E-state index in [0.29, 0.717) is 22.3 Å². The summed E-state index contributed by atoms with van der Waals surface area (Å²) in [7, 11) is 1.22. The van der Waals surface area contributed by atoms with Gasteiger partial charge in [-0.1, -0.05) is 0 Å². The van der Waals surface area contributed by atoms with Crippen molar-refractivity contribution in [3.05, 3.63) is 28.3 Å². The lowest BCUT2D eigenvalue weighted by molar-refractivity contribution is -0.150. The summed E-state index contributed by atoms with van der Waals surface area (Å²) in [5.74, 6) is -0.508. The average Bonchev–Trinajstić information content (AvgIpc) is 2.29. The summed E-state index contributed by atoms with van der Waals surface area (Å²) in [6, 6.07) is 1.60. The molecule has 0 fully saturated rings. The van der Waals surface area contributed by atoms with Crippen molar-refractivity contribution in [1.29, 1.82) is 0 Å². The molecule has 1 aromatic rings. The molecule has 0 aliphatic carbocycles. The van der Waals surface area contributed by atoms with E-state index in [1.165, 1.54) is 7.11 Å². The van der Waals surface area contributed by atoms with E-state index in [1.54, 1.807) is 26.8 Å². The molecule has 1 rings (SSSR count). The van der Waals surface area contributed by atoms with Crippen LogP contribution in [0.2, 0.25) is 0 Å². The predicted molar refractivity (Wildman–Crippen MR) is 59.3 cm³/mol. The Labute approximate surface area is 94.5 Å². The average molecular weight is 224 g/mol. The fourth-order valence-electron chi connectivity index (χ4n) is 1.62. The fourth-order valence-corrected chi connectivity index (χ4v) is 1.62. The number of carbonyl (C=O) groups excluding carboxylic acids is 1. The highest BCUT2D eigenvalue weighted by Gasteiger charge is 2.22. The van der Waals surface area contributed by atoms with Crippen molar-refractivity contribution in [3.63, 3.8) is 0 Å². The molecule has 0 aromatic heterocycles. The minimum absolute atomic E-state index is 0.193. The van der Waals surface area contributed by atoms with Gasteiger partial charge in [0.2, 0.25) is 0 Å². The zero-order valence-electron chi connectivity index (χ0n) is 9.87. The Bertz CT molecular complexity index is 424. The van der Waals surface area contributed by atoms with E-state index in [0.717, 1.165) is 0 Å². The second-order valence-corrected chi connectivity index (χ2v) is 3.81. The number of hydrogen-bond donors (Lipinski definition) is 2. The van der Waals surface area contributed by atoms with E-state index in [-0.39, 0.29) is 5.75 Å². The van der Waals surface area contributed by atoms with Gasteiger partial charge in [0.25, 0.3) is 0 Å². The lowest BCUT2D eigenvalue weighted by Gasteiger charge is -2.16. The second-order valence-electron chi connectivity index (χ2n) is 3.81. The maximum atomic E-state index is 11.2. The Kier molecular flexibility index (Phi) is 3.55. The predicted octanol–water partition coefficient (Wildman–Crippen LogP) is 1.52. The van der Waals surface area contributed by atoms with E-state index in [2.05, 4.69) is 4.74 Å². The van der Waals surface area contributed by atoms with Gasteiger partial charge in [-0.05, 0) is 49.1 Å². The number of esters is 1. The fraction of sp³-hybridized carbons (Fsp3) is 0.417. The molecule has 1 atom stereocenters. The number of aromatic hydroxyl groups is 1. The molecular weight excluding hydrogens is 208 g/mol. The van der Waals surface area contributed by atoms with Crippen LogP contribution in [0, 0.1) is 20.8 Å².